The lowest BCUT2D eigenvalue weighted by atomic mass is 10.1. The van der Waals surface area contributed by atoms with Gasteiger partial charge in [-0.3, -0.25) is 0 Å². The lowest BCUT2D eigenvalue weighted by molar-refractivity contribution is 0.745. The Kier molecular flexibility index (Phi) is 3.48. The molecule has 2 rings (SSSR count). The van der Waals surface area contributed by atoms with E-state index in [0.29, 0.717) is 12.5 Å². The minimum absolute atomic E-state index is 0.308. The van der Waals surface area contributed by atoms with E-state index in [4.69, 9.17) is 5.73 Å². The summed E-state index contributed by atoms with van der Waals surface area (Å²) in [7, 11) is 0. The van der Waals surface area contributed by atoms with E-state index in [1.54, 1.807) is 0 Å². The summed E-state index contributed by atoms with van der Waals surface area (Å²) >= 11 is 0. The van der Waals surface area contributed by atoms with E-state index in [-0.39, 0.29) is 0 Å². The van der Waals surface area contributed by atoms with Gasteiger partial charge in [-0.15, -0.1) is 0 Å². The van der Waals surface area contributed by atoms with E-state index in [2.05, 4.69) is 56.0 Å². The van der Waals surface area contributed by atoms with Crippen LogP contribution in [0.5, 0.6) is 0 Å². The molecule has 18 heavy (non-hydrogen) atoms. The molecule has 0 saturated heterocycles. The summed E-state index contributed by atoms with van der Waals surface area (Å²) in [6, 6.07) is 6.27. The molecular formula is C14H20N4. The summed E-state index contributed by atoms with van der Waals surface area (Å²) in [5.74, 6) is 1.96. The number of hydrogen-bond acceptors (Lipinski definition) is 3. The highest BCUT2D eigenvalue weighted by Crippen LogP contribution is 2.17. The van der Waals surface area contributed by atoms with Gasteiger partial charge in [0.2, 0.25) is 0 Å². The van der Waals surface area contributed by atoms with E-state index in [9.17, 15) is 0 Å². The Labute approximate surface area is 108 Å². The van der Waals surface area contributed by atoms with Crippen molar-refractivity contribution in [2.24, 2.45) is 5.73 Å². The van der Waals surface area contributed by atoms with Gasteiger partial charge in [0.15, 0.2) is 5.82 Å². The molecule has 96 valence electrons. The van der Waals surface area contributed by atoms with Crippen molar-refractivity contribution in [1.82, 2.24) is 14.8 Å². The molecule has 0 radical (unpaired) electrons. The highest BCUT2D eigenvalue weighted by Gasteiger charge is 2.13. The maximum absolute atomic E-state index is 5.75. The zero-order valence-corrected chi connectivity index (χ0v) is 11.4. The number of nitrogens with two attached hydrogens (primary N) is 1. The minimum atomic E-state index is 0.308. The molecule has 0 saturated carbocycles. The van der Waals surface area contributed by atoms with Gasteiger partial charge in [0.25, 0.3) is 0 Å². The van der Waals surface area contributed by atoms with Gasteiger partial charge < -0.3 is 5.73 Å². The first kappa shape index (κ1) is 12.8. The molecule has 0 spiro atoms. The van der Waals surface area contributed by atoms with Gasteiger partial charge in [0.1, 0.15) is 5.82 Å². The van der Waals surface area contributed by atoms with Crippen LogP contribution in [0.3, 0.4) is 0 Å². The molecule has 0 aliphatic carbocycles. The van der Waals surface area contributed by atoms with Gasteiger partial charge in [-0.25, -0.2) is 9.67 Å². The summed E-state index contributed by atoms with van der Waals surface area (Å²) in [5, 5.41) is 4.55. The number of hydrogen-bond donors (Lipinski definition) is 1. The van der Waals surface area contributed by atoms with Crippen LogP contribution in [-0.4, -0.2) is 14.8 Å². The summed E-state index contributed by atoms with van der Waals surface area (Å²) in [5.41, 5.74) is 9.29. The maximum Gasteiger partial charge on any atom is 0.153 e. The van der Waals surface area contributed by atoms with Crippen molar-refractivity contribution in [3.8, 4) is 5.69 Å². The van der Waals surface area contributed by atoms with E-state index in [1.165, 1.54) is 11.1 Å². The Morgan fingerprint density at radius 2 is 1.94 bits per heavy atom. The van der Waals surface area contributed by atoms with Crippen LogP contribution in [-0.2, 0) is 6.54 Å². The van der Waals surface area contributed by atoms with Crippen LogP contribution in [0.1, 0.15) is 42.5 Å². The molecule has 0 unspecified atom stereocenters. The number of aryl methyl sites for hydroxylation is 2. The van der Waals surface area contributed by atoms with Crippen molar-refractivity contribution < 1.29 is 0 Å². The molecule has 0 aliphatic rings. The van der Waals surface area contributed by atoms with Crippen LogP contribution in [0.25, 0.3) is 5.69 Å². The first-order valence-corrected chi connectivity index (χ1v) is 6.26. The van der Waals surface area contributed by atoms with Crippen molar-refractivity contribution >= 4 is 0 Å². The molecule has 4 heteroatoms. The number of nitrogens with zero attached hydrogens (tertiary/aromatic N) is 3. The van der Waals surface area contributed by atoms with Gasteiger partial charge in [0, 0.05) is 5.92 Å². The lowest BCUT2D eigenvalue weighted by Gasteiger charge is -2.07. The normalized spacial score (nSPS) is 11.2. The molecule has 0 atom stereocenters. The Morgan fingerprint density at radius 1 is 1.22 bits per heavy atom. The molecule has 1 heterocycles. The zero-order valence-electron chi connectivity index (χ0n) is 11.4. The largest absolute Gasteiger partial charge is 0.324 e. The van der Waals surface area contributed by atoms with Gasteiger partial charge in [-0.2, -0.15) is 5.10 Å². The minimum Gasteiger partial charge on any atom is -0.324 e. The molecule has 0 aliphatic heterocycles. The van der Waals surface area contributed by atoms with Crippen molar-refractivity contribution in [1.29, 1.82) is 0 Å². The SMILES string of the molecule is Cc1ccc(-n2nc(C(C)C)nc2CN)cc1C. The van der Waals surface area contributed by atoms with Crippen molar-refractivity contribution in [3.05, 3.63) is 41.0 Å². The van der Waals surface area contributed by atoms with Crippen LogP contribution < -0.4 is 5.73 Å². The van der Waals surface area contributed by atoms with Crippen LogP contribution in [0.2, 0.25) is 0 Å². The smallest absolute Gasteiger partial charge is 0.153 e. The molecule has 0 bridgehead atoms. The quantitative estimate of drug-likeness (QED) is 0.902. The summed E-state index contributed by atoms with van der Waals surface area (Å²) < 4.78 is 1.85. The average molecular weight is 244 g/mol. The predicted molar refractivity (Wildman–Crippen MR) is 72.8 cm³/mol. The molecule has 2 N–H and O–H groups in total. The maximum atomic E-state index is 5.75. The standard InChI is InChI=1S/C14H20N4/c1-9(2)14-16-13(8-15)18(17-14)12-6-5-10(3)11(4)7-12/h5-7,9H,8,15H2,1-4H3. The van der Waals surface area contributed by atoms with Crippen LogP contribution in [0.4, 0.5) is 0 Å². The lowest BCUT2D eigenvalue weighted by Crippen LogP contribution is -2.08. The first-order valence-electron chi connectivity index (χ1n) is 6.26. The summed E-state index contributed by atoms with van der Waals surface area (Å²) in [4.78, 5) is 4.48. The molecule has 0 fully saturated rings. The number of benzene rings is 1. The van der Waals surface area contributed by atoms with E-state index >= 15 is 0 Å². The molecule has 2 aromatic rings. The fraction of sp³-hybridized carbons (Fsp3) is 0.429. The van der Waals surface area contributed by atoms with E-state index < -0.39 is 0 Å². The third-order valence-corrected chi connectivity index (χ3v) is 3.12. The Bertz CT molecular complexity index is 555. The average Bonchev–Trinajstić information content (AvgIpc) is 2.77. The number of aromatic nitrogens is 3. The molecular weight excluding hydrogens is 224 g/mol. The van der Waals surface area contributed by atoms with Gasteiger partial charge in [0.05, 0.1) is 12.2 Å². The van der Waals surface area contributed by atoms with E-state index in [0.717, 1.165) is 17.3 Å². The highest BCUT2D eigenvalue weighted by molar-refractivity contribution is 5.39. The predicted octanol–water partition coefficient (Wildman–Crippen LogP) is 2.47. The van der Waals surface area contributed by atoms with Crippen molar-refractivity contribution in [2.45, 2.75) is 40.2 Å². The first-order chi connectivity index (χ1) is 8.52. The van der Waals surface area contributed by atoms with Gasteiger partial charge in [-0.05, 0) is 37.1 Å². The van der Waals surface area contributed by atoms with Crippen LogP contribution in [0.15, 0.2) is 18.2 Å². The zero-order chi connectivity index (χ0) is 13.3. The van der Waals surface area contributed by atoms with Crippen LogP contribution in [0, 0.1) is 13.8 Å². The van der Waals surface area contributed by atoms with Crippen LogP contribution >= 0.6 is 0 Å². The Balaban J connectivity index is 2.51. The third-order valence-electron chi connectivity index (χ3n) is 3.12. The van der Waals surface area contributed by atoms with Crippen molar-refractivity contribution in [2.75, 3.05) is 0 Å². The summed E-state index contributed by atoms with van der Waals surface area (Å²) in [6.45, 7) is 8.76. The second-order valence-electron chi connectivity index (χ2n) is 4.93. The highest BCUT2D eigenvalue weighted by atomic mass is 15.4. The van der Waals surface area contributed by atoms with Gasteiger partial charge >= 0.3 is 0 Å². The fourth-order valence-corrected chi connectivity index (χ4v) is 1.80. The monoisotopic (exact) mass is 244 g/mol. The third kappa shape index (κ3) is 2.29. The van der Waals surface area contributed by atoms with Crippen molar-refractivity contribution in [3.63, 3.8) is 0 Å². The molecule has 1 aromatic carbocycles. The topological polar surface area (TPSA) is 56.7 Å². The number of rotatable bonds is 3. The second kappa shape index (κ2) is 4.90. The molecule has 1 aromatic heterocycles. The second-order valence-corrected chi connectivity index (χ2v) is 4.93. The Morgan fingerprint density at radius 3 is 2.50 bits per heavy atom. The summed E-state index contributed by atoms with van der Waals surface area (Å²) in [6.07, 6.45) is 0. The molecule has 0 amide bonds. The van der Waals surface area contributed by atoms with Gasteiger partial charge in [-0.1, -0.05) is 19.9 Å². The fourth-order valence-electron chi connectivity index (χ4n) is 1.80. The molecule has 4 nitrogen and oxygen atoms in total. The van der Waals surface area contributed by atoms with E-state index in [1.807, 2.05) is 4.68 Å². The Hall–Kier alpha value is -1.68.